The first kappa shape index (κ1) is 42.6. The number of hydrogen-bond donors (Lipinski definition) is 3. The Kier molecular flexibility index (Phi) is 13.1. The quantitative estimate of drug-likeness (QED) is 0.0624. The molecule has 312 valence electrons. The fourth-order valence-electron chi connectivity index (χ4n) is 7.57. The van der Waals surface area contributed by atoms with Crippen LogP contribution in [-0.2, 0) is 10.3 Å². The first-order valence-corrected chi connectivity index (χ1v) is 20.8. The summed E-state index contributed by atoms with van der Waals surface area (Å²) in [7, 11) is 0. The van der Waals surface area contributed by atoms with Crippen molar-refractivity contribution in [3.05, 3.63) is 158 Å². The topological polar surface area (TPSA) is 109 Å². The monoisotopic (exact) mass is 857 g/mol. The van der Waals surface area contributed by atoms with Gasteiger partial charge in [-0.2, -0.15) is 13.2 Å². The number of para-hydroxylation sites is 2. The summed E-state index contributed by atoms with van der Waals surface area (Å²) in [5, 5.41) is 13.2. The summed E-state index contributed by atoms with van der Waals surface area (Å²) in [5.74, 6) is -1.89. The number of aromatic amines is 2. The average Bonchev–Trinajstić information content (AvgIpc) is 3.87. The molecule has 0 aliphatic carbocycles. The van der Waals surface area contributed by atoms with Crippen molar-refractivity contribution in [1.29, 1.82) is 0 Å². The maximum Gasteiger partial charge on any atom is 0.422 e. The number of nitrogens with one attached hydrogen (secondary N) is 2. The molecule has 3 aromatic heterocycles. The van der Waals surface area contributed by atoms with Crippen molar-refractivity contribution in [2.75, 3.05) is 6.61 Å². The van der Waals surface area contributed by atoms with E-state index in [1.54, 1.807) is 78.9 Å². The Morgan fingerprint density at radius 2 is 1.40 bits per heavy atom. The Morgan fingerprint density at radius 3 is 2.05 bits per heavy atom. The summed E-state index contributed by atoms with van der Waals surface area (Å²) in [6, 6.07) is 28.0. The van der Waals surface area contributed by atoms with Crippen LogP contribution in [0, 0.1) is 0 Å². The molecule has 0 saturated heterocycles. The van der Waals surface area contributed by atoms with E-state index in [2.05, 4.69) is 16.9 Å². The van der Waals surface area contributed by atoms with Crippen LogP contribution in [0.3, 0.4) is 0 Å². The van der Waals surface area contributed by atoms with Crippen LogP contribution in [0.15, 0.2) is 120 Å². The van der Waals surface area contributed by atoms with Crippen molar-refractivity contribution in [2.24, 2.45) is 0 Å². The molecule has 0 radical (unpaired) electrons. The fourth-order valence-corrected chi connectivity index (χ4v) is 8.05. The highest BCUT2D eigenvalue weighted by Crippen LogP contribution is 2.54. The van der Waals surface area contributed by atoms with Gasteiger partial charge in [0.05, 0.1) is 23.1 Å². The number of fused-ring (bicyclic) bond motifs is 2. The Bertz CT molecular complexity index is 2590. The zero-order chi connectivity index (χ0) is 42.4. The molecule has 3 N–H and O–H groups in total. The van der Waals surface area contributed by atoms with Crippen LogP contribution in [-0.4, -0.2) is 38.4 Å². The van der Waals surface area contributed by atoms with Gasteiger partial charge in [-0.25, -0.2) is 4.79 Å². The highest BCUT2D eigenvalue weighted by atomic mass is 35.5. The molecule has 60 heavy (non-hydrogen) atoms. The lowest BCUT2D eigenvalue weighted by Gasteiger charge is -2.38. The van der Waals surface area contributed by atoms with Crippen molar-refractivity contribution in [3.8, 4) is 17.3 Å². The molecule has 7 aromatic rings. The van der Waals surface area contributed by atoms with Gasteiger partial charge in [0, 0.05) is 39.9 Å². The third kappa shape index (κ3) is 8.99. The van der Waals surface area contributed by atoms with E-state index in [4.69, 9.17) is 32.7 Å². The van der Waals surface area contributed by atoms with Gasteiger partial charge in [-0.15, -0.1) is 0 Å². The van der Waals surface area contributed by atoms with Crippen LogP contribution < -0.4 is 10.3 Å². The highest BCUT2D eigenvalue weighted by molar-refractivity contribution is 6.43. The Labute approximate surface area is 354 Å². The highest BCUT2D eigenvalue weighted by Gasteiger charge is 2.61. The number of pyridine rings is 1. The molecule has 8 nitrogen and oxygen atoms in total. The minimum atomic E-state index is -5.33. The van der Waals surface area contributed by atoms with Crippen molar-refractivity contribution in [3.63, 3.8) is 0 Å². The number of halogens is 5. The number of benzene rings is 4. The number of H-pyrrole nitrogens is 2. The van der Waals surface area contributed by atoms with Gasteiger partial charge < -0.3 is 24.5 Å². The van der Waals surface area contributed by atoms with E-state index < -0.39 is 34.8 Å². The molecule has 0 saturated carbocycles. The van der Waals surface area contributed by atoms with E-state index in [1.807, 2.05) is 0 Å². The van der Waals surface area contributed by atoms with Gasteiger partial charge in [0.1, 0.15) is 22.3 Å². The lowest BCUT2D eigenvalue weighted by Crippen LogP contribution is -2.48. The molecule has 0 bridgehead atoms. The number of ether oxygens (including phenoxy) is 2. The molecule has 4 aromatic carbocycles. The van der Waals surface area contributed by atoms with Gasteiger partial charge in [-0.1, -0.05) is 118 Å². The summed E-state index contributed by atoms with van der Waals surface area (Å²) >= 11 is 13.7. The zero-order valence-electron chi connectivity index (χ0n) is 32.8. The third-order valence-corrected chi connectivity index (χ3v) is 11.7. The smallest absolute Gasteiger partial charge is 0.422 e. The minimum Gasteiger partial charge on any atom is -0.462 e. The second-order valence-electron chi connectivity index (χ2n) is 14.9. The summed E-state index contributed by atoms with van der Waals surface area (Å²) in [6.07, 6.45) is 4.67. The standard InChI is InChI=1S/C47H44Cl2F3N3O5/c1-2-3-4-5-6-7-8-13-26-59-45(57)30-18-21-34(22-19-30)60-39-24-23-35(43(48)44(39)49)42(38-27-31-14-9-11-16-36(31)53-38)46(58,47(50,51)52)33-20-25-41(56)55(29-33)40-28-32-15-10-12-17-37(32)54-40/h9-12,14-25,27-29,42,53-54,58H,2-8,13,26H2,1H3. The molecule has 13 heteroatoms. The number of esters is 1. The molecular formula is C47H44Cl2F3N3O5. The number of alkyl halides is 3. The van der Waals surface area contributed by atoms with E-state index in [0.717, 1.165) is 47.5 Å². The molecule has 0 amide bonds. The SMILES string of the molecule is CCCCCCCCCCOC(=O)c1ccc(Oc2ccc(C(c3cc4ccccc4[nH]3)C(O)(c3ccc(=O)n(-c4cc5ccccc5[nH]4)c3)C(F)(F)F)c(Cl)c2Cl)cc1. The summed E-state index contributed by atoms with van der Waals surface area (Å²) in [6.45, 7) is 2.51. The number of carbonyl (C=O) groups excluding carboxylic acids is 1. The lowest BCUT2D eigenvalue weighted by atomic mass is 9.75. The molecule has 0 fully saturated rings. The largest absolute Gasteiger partial charge is 0.462 e. The van der Waals surface area contributed by atoms with E-state index in [-0.39, 0.29) is 38.6 Å². The lowest BCUT2D eigenvalue weighted by molar-refractivity contribution is -0.272. The molecular weight excluding hydrogens is 814 g/mol. The van der Waals surface area contributed by atoms with Crippen LogP contribution in [0.1, 0.15) is 91.4 Å². The van der Waals surface area contributed by atoms with Crippen molar-refractivity contribution in [1.82, 2.24) is 14.5 Å². The van der Waals surface area contributed by atoms with Crippen LogP contribution in [0.4, 0.5) is 13.2 Å². The fraction of sp³-hybridized carbons (Fsp3) is 0.277. The first-order valence-electron chi connectivity index (χ1n) is 20.0. The number of unbranched alkanes of at least 4 members (excludes halogenated alkanes) is 7. The van der Waals surface area contributed by atoms with Gasteiger partial charge in [0.2, 0.25) is 0 Å². The number of rotatable bonds is 17. The summed E-state index contributed by atoms with van der Waals surface area (Å²) < 4.78 is 60.0. The van der Waals surface area contributed by atoms with Crippen molar-refractivity contribution >= 4 is 51.0 Å². The maximum atomic E-state index is 15.8. The molecule has 0 aliphatic rings. The minimum absolute atomic E-state index is 0.0177. The Hall–Kier alpha value is -5.49. The number of hydrogen-bond acceptors (Lipinski definition) is 5. The van der Waals surface area contributed by atoms with Crippen LogP contribution in [0.25, 0.3) is 27.6 Å². The Balaban J connectivity index is 1.18. The predicted octanol–water partition coefficient (Wildman–Crippen LogP) is 12.8. The van der Waals surface area contributed by atoms with Crippen LogP contribution >= 0.6 is 23.2 Å². The van der Waals surface area contributed by atoms with E-state index in [1.165, 1.54) is 50.3 Å². The molecule has 2 atom stereocenters. The van der Waals surface area contributed by atoms with Crippen LogP contribution in [0.2, 0.25) is 10.0 Å². The summed E-state index contributed by atoms with van der Waals surface area (Å²) in [4.78, 5) is 32.0. The number of nitrogens with zero attached hydrogens (tertiary/aromatic N) is 1. The zero-order valence-corrected chi connectivity index (χ0v) is 34.3. The number of carbonyl (C=O) groups is 1. The first-order chi connectivity index (χ1) is 28.9. The summed E-state index contributed by atoms with van der Waals surface area (Å²) in [5.41, 5.74) is -3.60. The molecule has 0 aliphatic heterocycles. The number of aromatic nitrogens is 3. The van der Waals surface area contributed by atoms with Gasteiger partial charge in [0.25, 0.3) is 5.56 Å². The second-order valence-corrected chi connectivity index (χ2v) is 15.7. The molecule has 3 heterocycles. The van der Waals surface area contributed by atoms with Crippen molar-refractivity contribution < 1.29 is 32.5 Å². The predicted molar refractivity (Wildman–Crippen MR) is 230 cm³/mol. The van der Waals surface area contributed by atoms with Gasteiger partial charge >= 0.3 is 12.1 Å². The molecule has 0 spiro atoms. The van der Waals surface area contributed by atoms with Gasteiger partial charge in [0.15, 0.2) is 5.60 Å². The van der Waals surface area contributed by atoms with E-state index >= 15 is 13.2 Å². The normalized spacial score (nSPS) is 13.4. The molecule has 2 unspecified atom stereocenters. The van der Waals surface area contributed by atoms with E-state index in [0.29, 0.717) is 28.6 Å². The Morgan fingerprint density at radius 1 is 0.767 bits per heavy atom. The van der Waals surface area contributed by atoms with Crippen molar-refractivity contribution in [2.45, 2.75) is 76.0 Å². The second kappa shape index (κ2) is 18.4. The average molecular weight is 859 g/mol. The third-order valence-electron chi connectivity index (χ3n) is 10.8. The molecule has 7 rings (SSSR count). The van der Waals surface area contributed by atoms with Gasteiger partial charge in [-0.3, -0.25) is 9.36 Å². The van der Waals surface area contributed by atoms with E-state index in [9.17, 15) is 14.7 Å². The van der Waals surface area contributed by atoms with Gasteiger partial charge in [-0.05, 0) is 78.0 Å². The number of aliphatic hydroxyl groups is 1. The maximum absolute atomic E-state index is 15.8. The van der Waals surface area contributed by atoms with Crippen LogP contribution in [0.5, 0.6) is 11.5 Å².